The molecule has 0 bridgehead atoms. The lowest BCUT2D eigenvalue weighted by Crippen LogP contribution is -2.09. The van der Waals surface area contributed by atoms with Gasteiger partial charge in [0.05, 0.1) is 11.2 Å². The van der Waals surface area contributed by atoms with Crippen molar-refractivity contribution >= 4 is 11.3 Å². The van der Waals surface area contributed by atoms with Crippen LogP contribution in [0, 0.1) is 0 Å². The van der Waals surface area contributed by atoms with Gasteiger partial charge in [0.25, 0.3) is 5.89 Å². The number of nitrogens with zero attached hydrogens (tertiary/aromatic N) is 3. The second-order valence-electron chi connectivity index (χ2n) is 6.10. The van der Waals surface area contributed by atoms with Gasteiger partial charge in [-0.15, -0.1) is 11.3 Å². The summed E-state index contributed by atoms with van der Waals surface area (Å²) in [5, 5.41) is 5.10. The molecule has 6 heteroatoms. The first-order valence-electron chi connectivity index (χ1n) is 7.07. The van der Waals surface area contributed by atoms with Crippen LogP contribution in [0.25, 0.3) is 22.2 Å². The fraction of sp³-hybridized carbons (Fsp3) is 0.312. The molecule has 0 aliphatic rings. The lowest BCUT2D eigenvalue weighted by Gasteiger charge is -2.13. The van der Waals surface area contributed by atoms with Crippen LogP contribution >= 0.6 is 11.3 Å². The molecule has 0 saturated carbocycles. The van der Waals surface area contributed by atoms with Crippen LogP contribution in [0.3, 0.4) is 0 Å². The minimum Gasteiger partial charge on any atom is -0.333 e. The Balaban J connectivity index is 1.88. The summed E-state index contributed by atoms with van der Waals surface area (Å²) >= 11 is 1.58. The summed E-state index contributed by atoms with van der Waals surface area (Å²) in [5.74, 6) is 1.08. The molecule has 2 heterocycles. The molecule has 2 N–H and O–H groups in total. The SMILES string of the molecule is CC(C)(C)c1ncc(-c2nc(-c3ccc(CN)cc3)no2)s1. The Hall–Kier alpha value is -2.05. The fourth-order valence-corrected chi connectivity index (χ4v) is 2.85. The Labute approximate surface area is 133 Å². The van der Waals surface area contributed by atoms with Crippen LogP contribution in [0.2, 0.25) is 0 Å². The highest BCUT2D eigenvalue weighted by molar-refractivity contribution is 7.15. The van der Waals surface area contributed by atoms with E-state index in [1.165, 1.54) is 0 Å². The zero-order valence-corrected chi connectivity index (χ0v) is 13.6. The van der Waals surface area contributed by atoms with Gasteiger partial charge in [-0.2, -0.15) is 4.98 Å². The zero-order chi connectivity index (χ0) is 15.7. The molecule has 1 aromatic carbocycles. The van der Waals surface area contributed by atoms with Gasteiger partial charge < -0.3 is 10.3 Å². The van der Waals surface area contributed by atoms with Crippen LogP contribution < -0.4 is 5.73 Å². The maximum absolute atomic E-state index is 5.60. The van der Waals surface area contributed by atoms with E-state index in [4.69, 9.17) is 10.3 Å². The van der Waals surface area contributed by atoms with Gasteiger partial charge in [-0.3, -0.25) is 0 Å². The number of thiazole rings is 1. The Morgan fingerprint density at radius 1 is 1.18 bits per heavy atom. The van der Waals surface area contributed by atoms with Gasteiger partial charge in [0.2, 0.25) is 5.82 Å². The largest absolute Gasteiger partial charge is 0.333 e. The molecule has 0 spiro atoms. The van der Waals surface area contributed by atoms with Gasteiger partial charge in [-0.25, -0.2) is 4.98 Å². The average molecular weight is 314 g/mol. The third-order valence-corrected chi connectivity index (χ3v) is 4.64. The minimum atomic E-state index is 0.0177. The third kappa shape index (κ3) is 2.93. The second kappa shape index (κ2) is 5.62. The molecular formula is C16H18N4OS. The molecule has 0 saturated heterocycles. The number of aromatic nitrogens is 3. The van der Waals surface area contributed by atoms with E-state index < -0.39 is 0 Å². The van der Waals surface area contributed by atoms with Crippen molar-refractivity contribution in [2.24, 2.45) is 5.73 Å². The highest BCUT2D eigenvalue weighted by atomic mass is 32.1. The highest BCUT2D eigenvalue weighted by Gasteiger charge is 2.20. The lowest BCUT2D eigenvalue weighted by molar-refractivity contribution is 0.433. The topological polar surface area (TPSA) is 77.8 Å². The minimum absolute atomic E-state index is 0.0177. The summed E-state index contributed by atoms with van der Waals surface area (Å²) in [5.41, 5.74) is 7.60. The first-order valence-corrected chi connectivity index (χ1v) is 7.89. The second-order valence-corrected chi connectivity index (χ2v) is 7.13. The molecule has 3 aromatic rings. The van der Waals surface area contributed by atoms with Crippen molar-refractivity contribution in [3.8, 4) is 22.2 Å². The monoisotopic (exact) mass is 314 g/mol. The predicted molar refractivity (Wildman–Crippen MR) is 87.4 cm³/mol. The van der Waals surface area contributed by atoms with Crippen LogP contribution in [0.4, 0.5) is 0 Å². The lowest BCUT2D eigenvalue weighted by atomic mass is 9.98. The molecule has 0 aliphatic heterocycles. The first kappa shape index (κ1) is 14.9. The summed E-state index contributed by atoms with van der Waals surface area (Å²) in [6.07, 6.45) is 1.79. The summed E-state index contributed by atoms with van der Waals surface area (Å²) in [4.78, 5) is 9.80. The van der Waals surface area contributed by atoms with Crippen molar-refractivity contribution in [2.75, 3.05) is 0 Å². The van der Waals surface area contributed by atoms with E-state index in [1.54, 1.807) is 17.5 Å². The molecule has 2 aromatic heterocycles. The van der Waals surface area contributed by atoms with Crippen molar-refractivity contribution in [3.05, 3.63) is 41.0 Å². The predicted octanol–water partition coefficient (Wildman–Crippen LogP) is 3.62. The summed E-state index contributed by atoms with van der Waals surface area (Å²) in [6.45, 7) is 6.92. The van der Waals surface area contributed by atoms with Gasteiger partial charge in [0.1, 0.15) is 4.88 Å². The van der Waals surface area contributed by atoms with Crippen molar-refractivity contribution in [1.82, 2.24) is 15.1 Å². The summed E-state index contributed by atoms with van der Waals surface area (Å²) in [6, 6.07) is 7.83. The molecule has 0 radical (unpaired) electrons. The van der Waals surface area contributed by atoms with Crippen molar-refractivity contribution < 1.29 is 4.52 Å². The Kier molecular flexibility index (Phi) is 3.80. The van der Waals surface area contributed by atoms with Gasteiger partial charge in [-0.05, 0) is 5.56 Å². The number of rotatable bonds is 3. The number of hydrogen-bond acceptors (Lipinski definition) is 6. The molecule has 5 nitrogen and oxygen atoms in total. The Morgan fingerprint density at radius 2 is 1.91 bits per heavy atom. The van der Waals surface area contributed by atoms with E-state index in [1.807, 2.05) is 24.3 Å². The molecule has 114 valence electrons. The average Bonchev–Trinajstić information content (AvgIpc) is 3.15. The maximum Gasteiger partial charge on any atom is 0.269 e. The number of benzene rings is 1. The standard InChI is InChI=1S/C16H18N4OS/c1-16(2,3)15-18-9-12(22-15)14-19-13(20-21-14)11-6-4-10(8-17)5-7-11/h4-7,9H,8,17H2,1-3H3. The summed E-state index contributed by atoms with van der Waals surface area (Å²) in [7, 11) is 0. The van der Waals surface area contributed by atoms with E-state index in [2.05, 4.69) is 35.9 Å². The smallest absolute Gasteiger partial charge is 0.269 e. The van der Waals surface area contributed by atoms with Crippen LogP contribution in [-0.2, 0) is 12.0 Å². The molecule has 0 aliphatic carbocycles. The summed E-state index contributed by atoms with van der Waals surface area (Å²) < 4.78 is 5.37. The van der Waals surface area contributed by atoms with Crippen molar-refractivity contribution in [1.29, 1.82) is 0 Å². The number of hydrogen-bond donors (Lipinski definition) is 1. The highest BCUT2D eigenvalue weighted by Crippen LogP contribution is 2.32. The van der Waals surface area contributed by atoms with Crippen molar-refractivity contribution in [2.45, 2.75) is 32.7 Å². The molecule has 0 fully saturated rings. The van der Waals surface area contributed by atoms with E-state index in [0.29, 0.717) is 18.3 Å². The van der Waals surface area contributed by atoms with E-state index in [9.17, 15) is 0 Å². The van der Waals surface area contributed by atoms with E-state index in [0.717, 1.165) is 21.0 Å². The first-order chi connectivity index (χ1) is 10.5. The molecular weight excluding hydrogens is 296 g/mol. The fourth-order valence-electron chi connectivity index (χ4n) is 1.95. The molecule has 0 amide bonds. The third-order valence-electron chi connectivity index (χ3n) is 3.23. The zero-order valence-electron chi connectivity index (χ0n) is 12.8. The Morgan fingerprint density at radius 3 is 2.50 bits per heavy atom. The van der Waals surface area contributed by atoms with Crippen molar-refractivity contribution in [3.63, 3.8) is 0 Å². The number of nitrogens with two attached hydrogens (primary N) is 1. The van der Waals surface area contributed by atoms with Gasteiger partial charge in [0.15, 0.2) is 0 Å². The van der Waals surface area contributed by atoms with Gasteiger partial charge in [-0.1, -0.05) is 50.2 Å². The quantitative estimate of drug-likeness (QED) is 0.799. The van der Waals surface area contributed by atoms with Crippen LogP contribution in [-0.4, -0.2) is 15.1 Å². The van der Waals surface area contributed by atoms with Gasteiger partial charge >= 0.3 is 0 Å². The van der Waals surface area contributed by atoms with Crippen LogP contribution in [0.5, 0.6) is 0 Å². The Bertz CT molecular complexity index is 768. The molecule has 22 heavy (non-hydrogen) atoms. The van der Waals surface area contributed by atoms with Gasteiger partial charge in [0, 0.05) is 17.5 Å². The maximum atomic E-state index is 5.60. The molecule has 3 rings (SSSR count). The normalized spacial score (nSPS) is 11.8. The van der Waals surface area contributed by atoms with Crippen LogP contribution in [0.1, 0.15) is 31.3 Å². The molecule has 0 unspecified atom stereocenters. The van der Waals surface area contributed by atoms with E-state index in [-0.39, 0.29) is 5.41 Å². The van der Waals surface area contributed by atoms with Crippen LogP contribution in [0.15, 0.2) is 35.0 Å². The molecule has 0 atom stereocenters. The van der Waals surface area contributed by atoms with E-state index >= 15 is 0 Å².